The number of benzene rings is 1. The van der Waals surface area contributed by atoms with Crippen molar-refractivity contribution < 1.29 is 45.6 Å². The topological polar surface area (TPSA) is 174 Å². The number of halogens is 1. The highest BCUT2D eigenvalue weighted by atomic mass is 35.5. The van der Waals surface area contributed by atoms with Crippen LogP contribution in [0.5, 0.6) is 5.75 Å². The molecule has 0 radical (unpaired) electrons. The van der Waals surface area contributed by atoms with E-state index < -0.39 is 49.8 Å². The third-order valence-corrected chi connectivity index (χ3v) is 5.72. The lowest BCUT2D eigenvalue weighted by atomic mass is 10.1. The van der Waals surface area contributed by atoms with Gasteiger partial charge in [0.25, 0.3) is 0 Å². The van der Waals surface area contributed by atoms with Gasteiger partial charge in [0, 0.05) is 31.1 Å². The molecule has 1 aromatic carbocycles. The van der Waals surface area contributed by atoms with Gasteiger partial charge in [-0.1, -0.05) is 6.07 Å². The minimum absolute atomic E-state index is 0. The molecule has 0 bridgehead atoms. The number of aliphatic hydroxyl groups is 8. The molecule has 1 aromatic rings. The van der Waals surface area contributed by atoms with Crippen LogP contribution in [0.15, 0.2) is 18.2 Å². The zero-order valence-electron chi connectivity index (χ0n) is 18.1. The Balaban J connectivity index is 0.0000102. The second-order valence-electron chi connectivity index (χ2n) is 7.47. The van der Waals surface area contributed by atoms with E-state index in [-0.39, 0.29) is 38.6 Å². The van der Waals surface area contributed by atoms with Crippen LogP contribution in [0.25, 0.3) is 0 Å². The van der Waals surface area contributed by atoms with Gasteiger partial charge < -0.3 is 45.6 Å². The number of hydrogen-bond donors (Lipinski definition) is 10. The lowest BCUT2D eigenvalue weighted by molar-refractivity contribution is -0.101. The fraction of sp³-hybridized carbons (Fsp3) is 0.700. The van der Waals surface area contributed by atoms with Crippen LogP contribution in [0.4, 0.5) is 0 Å². The van der Waals surface area contributed by atoms with Gasteiger partial charge in [-0.15, -0.1) is 12.4 Å². The van der Waals surface area contributed by atoms with Crippen LogP contribution in [0, 0.1) is 0 Å². The summed E-state index contributed by atoms with van der Waals surface area (Å²) >= 11 is 8.56. The Bertz CT molecular complexity index is 640. The molecule has 0 heterocycles. The van der Waals surface area contributed by atoms with Crippen LogP contribution >= 0.6 is 37.7 Å². The summed E-state index contributed by atoms with van der Waals surface area (Å²) in [6, 6.07) is 5.48. The van der Waals surface area contributed by atoms with E-state index in [9.17, 15) is 30.6 Å². The van der Waals surface area contributed by atoms with Crippen molar-refractivity contribution in [1.82, 2.24) is 4.90 Å². The van der Waals surface area contributed by atoms with Crippen molar-refractivity contribution in [3.63, 3.8) is 0 Å². The van der Waals surface area contributed by atoms with Crippen LogP contribution in [-0.2, 0) is 11.5 Å². The highest BCUT2D eigenvalue weighted by molar-refractivity contribution is 7.79. The van der Waals surface area contributed by atoms with Crippen molar-refractivity contribution in [3.8, 4) is 5.75 Å². The number of thiol groups is 2. The van der Waals surface area contributed by atoms with Gasteiger partial charge in [0.2, 0.25) is 0 Å². The standard InChI is InChI=1S/C20H35NO9S2.ClH/c22-8-17(26)19(28)15(24)6-21(7-16(25)20(29)18(27)9-23)3-4-30-14-2-1-12(10-31)13(5-14)11-32;/h1-2,5,15-20,22-29,31-32H,3-4,6-11H2;1H/t15-,16-,17+,18+,19-,20-;/m0./s1. The lowest BCUT2D eigenvalue weighted by Gasteiger charge is -2.32. The largest absolute Gasteiger partial charge is 0.492 e. The molecule has 194 valence electrons. The Morgan fingerprint density at radius 3 is 1.67 bits per heavy atom. The first-order valence-corrected chi connectivity index (χ1v) is 11.4. The zero-order valence-corrected chi connectivity index (χ0v) is 20.7. The van der Waals surface area contributed by atoms with Gasteiger partial charge in [0.15, 0.2) is 0 Å². The van der Waals surface area contributed by atoms with Gasteiger partial charge in [-0.2, -0.15) is 25.3 Å². The number of aliphatic hydroxyl groups excluding tert-OH is 8. The third-order valence-electron chi connectivity index (χ3n) is 5.04. The van der Waals surface area contributed by atoms with E-state index in [0.29, 0.717) is 17.3 Å². The molecule has 13 heteroatoms. The van der Waals surface area contributed by atoms with E-state index in [1.807, 2.05) is 12.1 Å². The summed E-state index contributed by atoms with van der Waals surface area (Å²) in [5.74, 6) is 1.64. The van der Waals surface area contributed by atoms with E-state index in [1.165, 1.54) is 4.90 Å². The number of rotatable bonds is 16. The molecule has 10 nitrogen and oxygen atoms in total. The fourth-order valence-corrected chi connectivity index (χ4v) is 3.62. The van der Waals surface area contributed by atoms with E-state index in [4.69, 9.17) is 14.9 Å². The molecule has 0 aliphatic carbocycles. The molecular formula is C20H36ClNO9S2. The maximum atomic E-state index is 10.2. The summed E-state index contributed by atoms with van der Waals surface area (Å²) in [6.07, 6.45) is -9.34. The van der Waals surface area contributed by atoms with Gasteiger partial charge in [-0.05, 0) is 23.3 Å². The molecule has 0 fully saturated rings. The predicted molar refractivity (Wildman–Crippen MR) is 131 cm³/mol. The van der Waals surface area contributed by atoms with Gasteiger partial charge >= 0.3 is 0 Å². The van der Waals surface area contributed by atoms with E-state index in [0.717, 1.165) is 11.1 Å². The van der Waals surface area contributed by atoms with Crippen LogP contribution < -0.4 is 4.74 Å². The maximum Gasteiger partial charge on any atom is 0.119 e. The molecule has 33 heavy (non-hydrogen) atoms. The monoisotopic (exact) mass is 533 g/mol. The maximum absolute atomic E-state index is 10.2. The molecule has 0 aliphatic rings. The summed E-state index contributed by atoms with van der Waals surface area (Å²) in [5, 5.41) is 77.1. The normalized spacial score (nSPS) is 17.1. The van der Waals surface area contributed by atoms with Crippen LogP contribution in [0.3, 0.4) is 0 Å². The molecule has 1 rings (SSSR count). The summed E-state index contributed by atoms with van der Waals surface area (Å²) in [7, 11) is 0. The van der Waals surface area contributed by atoms with Crippen molar-refractivity contribution in [3.05, 3.63) is 29.3 Å². The number of hydrogen-bond acceptors (Lipinski definition) is 12. The second kappa shape index (κ2) is 17.1. The van der Waals surface area contributed by atoms with Gasteiger partial charge in [-0.3, -0.25) is 4.90 Å². The minimum Gasteiger partial charge on any atom is -0.492 e. The Morgan fingerprint density at radius 1 is 0.758 bits per heavy atom. The second-order valence-corrected chi connectivity index (χ2v) is 8.10. The minimum atomic E-state index is -1.64. The molecule has 6 atom stereocenters. The van der Waals surface area contributed by atoms with E-state index in [2.05, 4.69) is 25.3 Å². The number of nitrogens with zero attached hydrogens (tertiary/aromatic N) is 1. The first-order chi connectivity index (χ1) is 15.2. The first kappa shape index (κ1) is 32.7. The van der Waals surface area contributed by atoms with E-state index in [1.54, 1.807) is 6.07 Å². The molecule has 8 N–H and O–H groups in total. The lowest BCUT2D eigenvalue weighted by Crippen LogP contribution is -2.51. The van der Waals surface area contributed by atoms with Crippen molar-refractivity contribution >= 4 is 37.7 Å². The van der Waals surface area contributed by atoms with Crippen LogP contribution in [0.2, 0.25) is 0 Å². The highest BCUT2D eigenvalue weighted by Gasteiger charge is 2.30. The quantitative estimate of drug-likeness (QED) is 0.105. The zero-order chi connectivity index (χ0) is 24.3. The Kier molecular flexibility index (Phi) is 17.0. The van der Waals surface area contributed by atoms with Crippen LogP contribution in [-0.4, -0.2) is 122 Å². The Hall–Kier alpha value is -0.350. The number of ether oxygens (including phenoxy) is 1. The SMILES string of the molecule is Cl.OC[C@@H](O)[C@@H](O)[C@@H](O)CN(CCOc1ccc(CS)c(CS)c1)C[C@H](O)[C@H](O)[C@H](O)CO. The van der Waals surface area contributed by atoms with E-state index >= 15 is 0 Å². The fourth-order valence-electron chi connectivity index (χ4n) is 3.02. The van der Waals surface area contributed by atoms with Crippen molar-refractivity contribution in [1.29, 1.82) is 0 Å². The van der Waals surface area contributed by atoms with Gasteiger partial charge in [-0.25, -0.2) is 0 Å². The van der Waals surface area contributed by atoms with Crippen molar-refractivity contribution in [2.75, 3.05) is 39.5 Å². The molecular weight excluding hydrogens is 498 g/mol. The summed E-state index contributed by atoms with van der Waals surface area (Å²) in [4.78, 5) is 1.46. The summed E-state index contributed by atoms with van der Waals surface area (Å²) in [5.41, 5.74) is 1.99. The first-order valence-electron chi connectivity index (χ1n) is 10.2. The smallest absolute Gasteiger partial charge is 0.119 e. The summed E-state index contributed by atoms with van der Waals surface area (Å²) < 4.78 is 5.73. The molecule has 0 aliphatic heterocycles. The highest BCUT2D eigenvalue weighted by Crippen LogP contribution is 2.21. The Morgan fingerprint density at radius 2 is 1.24 bits per heavy atom. The average Bonchev–Trinajstić information content (AvgIpc) is 2.81. The molecule has 0 saturated heterocycles. The molecule has 0 aromatic heterocycles. The van der Waals surface area contributed by atoms with Gasteiger partial charge in [0.1, 0.15) is 36.8 Å². The Labute approximate surface area is 210 Å². The summed E-state index contributed by atoms with van der Waals surface area (Å²) in [6.45, 7) is -1.71. The van der Waals surface area contributed by atoms with Gasteiger partial charge in [0.05, 0.1) is 25.4 Å². The molecule has 0 amide bonds. The third kappa shape index (κ3) is 10.8. The average molecular weight is 534 g/mol. The van der Waals surface area contributed by atoms with Crippen LogP contribution in [0.1, 0.15) is 11.1 Å². The molecule has 0 unspecified atom stereocenters. The molecule has 0 saturated carbocycles. The molecule has 0 spiro atoms. The van der Waals surface area contributed by atoms with Crippen molar-refractivity contribution in [2.24, 2.45) is 0 Å². The predicted octanol–water partition coefficient (Wildman–Crippen LogP) is -2.20. The van der Waals surface area contributed by atoms with Crippen molar-refractivity contribution in [2.45, 2.75) is 48.1 Å².